The zero-order valence-corrected chi connectivity index (χ0v) is 10.5. The van der Waals surface area contributed by atoms with Crippen LogP contribution in [-0.4, -0.2) is 23.8 Å². The second-order valence-corrected chi connectivity index (χ2v) is 5.34. The van der Waals surface area contributed by atoms with E-state index in [0.29, 0.717) is 18.7 Å². The molecular formula is C13H27NO. The SMILES string of the molecule is C[C@H](CCCO)NC1[C@H](C)CCC[C@H]1C. The van der Waals surface area contributed by atoms with Crippen molar-refractivity contribution in [3.05, 3.63) is 0 Å². The van der Waals surface area contributed by atoms with Gasteiger partial charge in [0.25, 0.3) is 0 Å². The number of nitrogens with one attached hydrogen (secondary N) is 1. The number of hydrogen-bond acceptors (Lipinski definition) is 2. The number of aliphatic hydroxyl groups is 1. The van der Waals surface area contributed by atoms with E-state index in [1.54, 1.807) is 0 Å². The van der Waals surface area contributed by atoms with Gasteiger partial charge in [0.1, 0.15) is 0 Å². The zero-order chi connectivity index (χ0) is 11.3. The lowest BCUT2D eigenvalue weighted by Gasteiger charge is -2.37. The van der Waals surface area contributed by atoms with Gasteiger partial charge in [0, 0.05) is 18.7 Å². The largest absolute Gasteiger partial charge is 0.396 e. The van der Waals surface area contributed by atoms with Crippen LogP contribution in [0, 0.1) is 11.8 Å². The molecule has 1 rings (SSSR count). The van der Waals surface area contributed by atoms with Crippen LogP contribution in [0.2, 0.25) is 0 Å². The summed E-state index contributed by atoms with van der Waals surface area (Å²) >= 11 is 0. The molecule has 1 aliphatic carbocycles. The minimum Gasteiger partial charge on any atom is -0.396 e. The lowest BCUT2D eigenvalue weighted by atomic mass is 9.78. The standard InChI is InChI=1S/C13H27NO/c1-10-6-4-7-11(2)13(10)14-12(3)8-5-9-15/h10-15H,4-9H2,1-3H3/t10-,11-,12-/m1/s1. The maximum atomic E-state index is 8.80. The molecule has 0 aliphatic heterocycles. The third kappa shape index (κ3) is 4.12. The third-order valence-corrected chi connectivity index (χ3v) is 3.82. The summed E-state index contributed by atoms with van der Waals surface area (Å²) in [4.78, 5) is 0. The topological polar surface area (TPSA) is 32.3 Å². The summed E-state index contributed by atoms with van der Waals surface area (Å²) in [5.74, 6) is 1.62. The molecular weight excluding hydrogens is 186 g/mol. The van der Waals surface area contributed by atoms with Crippen molar-refractivity contribution in [2.24, 2.45) is 11.8 Å². The van der Waals surface area contributed by atoms with Gasteiger partial charge in [-0.05, 0) is 44.4 Å². The van der Waals surface area contributed by atoms with Gasteiger partial charge in [0.15, 0.2) is 0 Å². The number of rotatable bonds is 5. The quantitative estimate of drug-likeness (QED) is 0.735. The van der Waals surface area contributed by atoms with Crippen LogP contribution in [0.5, 0.6) is 0 Å². The predicted molar refractivity (Wildman–Crippen MR) is 64.9 cm³/mol. The maximum Gasteiger partial charge on any atom is 0.0431 e. The van der Waals surface area contributed by atoms with Crippen LogP contribution in [0.25, 0.3) is 0 Å². The number of aliphatic hydroxyl groups excluding tert-OH is 1. The molecule has 1 fully saturated rings. The molecule has 1 aliphatic rings. The van der Waals surface area contributed by atoms with Crippen LogP contribution in [0.4, 0.5) is 0 Å². The highest BCUT2D eigenvalue weighted by Gasteiger charge is 2.28. The fourth-order valence-electron chi connectivity index (χ4n) is 2.82. The Kier molecular flexibility index (Phi) is 5.62. The van der Waals surface area contributed by atoms with Crippen molar-refractivity contribution in [3.63, 3.8) is 0 Å². The predicted octanol–water partition coefficient (Wildman–Crippen LogP) is 2.56. The molecule has 0 aromatic rings. The van der Waals surface area contributed by atoms with E-state index < -0.39 is 0 Å². The van der Waals surface area contributed by atoms with E-state index >= 15 is 0 Å². The summed E-state index contributed by atoms with van der Waals surface area (Å²) in [6.45, 7) is 7.30. The van der Waals surface area contributed by atoms with Crippen molar-refractivity contribution in [2.45, 2.75) is 65.0 Å². The van der Waals surface area contributed by atoms with Gasteiger partial charge in [0.05, 0.1) is 0 Å². The third-order valence-electron chi connectivity index (χ3n) is 3.82. The van der Waals surface area contributed by atoms with Crippen molar-refractivity contribution in [2.75, 3.05) is 6.61 Å². The fraction of sp³-hybridized carbons (Fsp3) is 1.00. The van der Waals surface area contributed by atoms with Crippen molar-refractivity contribution in [3.8, 4) is 0 Å². The molecule has 0 saturated heterocycles. The second-order valence-electron chi connectivity index (χ2n) is 5.34. The molecule has 15 heavy (non-hydrogen) atoms. The van der Waals surface area contributed by atoms with Gasteiger partial charge in [-0.1, -0.05) is 20.3 Å². The summed E-state index contributed by atoms with van der Waals surface area (Å²) in [6, 6.07) is 1.23. The minimum absolute atomic E-state index is 0.321. The van der Waals surface area contributed by atoms with E-state index in [1.807, 2.05) is 0 Å². The molecule has 2 N–H and O–H groups in total. The molecule has 0 aromatic heterocycles. The molecule has 2 heteroatoms. The first-order valence-corrected chi connectivity index (χ1v) is 6.52. The lowest BCUT2D eigenvalue weighted by molar-refractivity contribution is 0.188. The Labute approximate surface area is 94.5 Å². The summed E-state index contributed by atoms with van der Waals surface area (Å²) in [5.41, 5.74) is 0. The first kappa shape index (κ1) is 13.0. The summed E-state index contributed by atoms with van der Waals surface area (Å²) in [7, 11) is 0. The summed E-state index contributed by atoms with van der Waals surface area (Å²) in [6.07, 6.45) is 6.14. The molecule has 0 aromatic carbocycles. The lowest BCUT2D eigenvalue weighted by Crippen LogP contribution is -2.46. The van der Waals surface area contributed by atoms with Gasteiger partial charge in [-0.25, -0.2) is 0 Å². The van der Waals surface area contributed by atoms with Crippen LogP contribution in [0.3, 0.4) is 0 Å². The number of hydrogen-bond donors (Lipinski definition) is 2. The highest BCUT2D eigenvalue weighted by Crippen LogP contribution is 2.29. The average molecular weight is 213 g/mol. The van der Waals surface area contributed by atoms with Gasteiger partial charge in [-0.3, -0.25) is 0 Å². The van der Waals surface area contributed by atoms with Crippen LogP contribution < -0.4 is 5.32 Å². The van der Waals surface area contributed by atoms with E-state index in [0.717, 1.165) is 24.7 Å². The smallest absolute Gasteiger partial charge is 0.0431 e. The molecule has 2 nitrogen and oxygen atoms in total. The molecule has 0 spiro atoms. The van der Waals surface area contributed by atoms with Crippen LogP contribution >= 0.6 is 0 Å². The maximum absolute atomic E-state index is 8.80. The first-order chi connectivity index (χ1) is 7.15. The Balaban J connectivity index is 2.33. The van der Waals surface area contributed by atoms with Crippen LogP contribution in [0.1, 0.15) is 52.9 Å². The fourth-order valence-corrected chi connectivity index (χ4v) is 2.82. The normalized spacial score (nSPS) is 30.4. The van der Waals surface area contributed by atoms with Gasteiger partial charge in [0.2, 0.25) is 0 Å². The van der Waals surface area contributed by atoms with E-state index in [4.69, 9.17) is 5.11 Å². The van der Waals surface area contributed by atoms with Crippen LogP contribution in [-0.2, 0) is 0 Å². The highest BCUT2D eigenvalue weighted by atomic mass is 16.2. The van der Waals surface area contributed by atoms with Crippen molar-refractivity contribution in [1.29, 1.82) is 0 Å². The Morgan fingerprint density at radius 3 is 2.40 bits per heavy atom. The Bertz CT molecular complexity index is 162. The summed E-state index contributed by atoms with van der Waals surface area (Å²) < 4.78 is 0. The van der Waals surface area contributed by atoms with E-state index in [2.05, 4.69) is 26.1 Å². The molecule has 1 saturated carbocycles. The van der Waals surface area contributed by atoms with Crippen LogP contribution in [0.15, 0.2) is 0 Å². The molecule has 0 unspecified atom stereocenters. The molecule has 90 valence electrons. The van der Waals surface area contributed by atoms with Gasteiger partial charge in [-0.15, -0.1) is 0 Å². The molecule has 0 bridgehead atoms. The Morgan fingerprint density at radius 1 is 1.27 bits per heavy atom. The Morgan fingerprint density at radius 2 is 1.87 bits per heavy atom. The second kappa shape index (κ2) is 6.49. The van der Waals surface area contributed by atoms with Gasteiger partial charge in [-0.2, -0.15) is 0 Å². The van der Waals surface area contributed by atoms with Crippen molar-refractivity contribution in [1.82, 2.24) is 5.32 Å². The van der Waals surface area contributed by atoms with Gasteiger partial charge >= 0.3 is 0 Å². The minimum atomic E-state index is 0.321. The molecule has 0 amide bonds. The van der Waals surface area contributed by atoms with E-state index in [9.17, 15) is 0 Å². The van der Waals surface area contributed by atoms with Crippen molar-refractivity contribution >= 4 is 0 Å². The monoisotopic (exact) mass is 213 g/mol. The molecule has 0 radical (unpaired) electrons. The molecule has 3 atom stereocenters. The highest BCUT2D eigenvalue weighted by molar-refractivity contribution is 4.84. The zero-order valence-electron chi connectivity index (χ0n) is 10.5. The van der Waals surface area contributed by atoms with E-state index in [-0.39, 0.29) is 0 Å². The van der Waals surface area contributed by atoms with Gasteiger partial charge < -0.3 is 10.4 Å². The Hall–Kier alpha value is -0.0800. The van der Waals surface area contributed by atoms with Crippen molar-refractivity contribution < 1.29 is 5.11 Å². The van der Waals surface area contributed by atoms with E-state index in [1.165, 1.54) is 19.3 Å². The first-order valence-electron chi connectivity index (χ1n) is 6.52. The average Bonchev–Trinajstić information content (AvgIpc) is 2.21. The molecule has 0 heterocycles. The summed E-state index contributed by atoms with van der Waals surface area (Å²) in [5, 5.41) is 12.5.